The lowest BCUT2D eigenvalue weighted by atomic mass is 10.3. The lowest BCUT2D eigenvalue weighted by Gasteiger charge is -2.09. The first-order chi connectivity index (χ1) is 8.56. The summed E-state index contributed by atoms with van der Waals surface area (Å²) in [6.07, 6.45) is 1.65. The number of carbonyl (C=O) groups excluding carboxylic acids is 1. The molecule has 18 heavy (non-hydrogen) atoms. The highest BCUT2D eigenvalue weighted by Gasteiger charge is 2.10. The average molecular weight is 246 g/mol. The number of ether oxygens (including phenoxy) is 1. The van der Waals surface area contributed by atoms with Gasteiger partial charge in [0.1, 0.15) is 5.69 Å². The minimum Gasteiger partial charge on any atom is -0.434 e. The highest BCUT2D eigenvalue weighted by atomic mass is 16.5. The molecule has 1 amide bonds. The summed E-state index contributed by atoms with van der Waals surface area (Å²) in [5.41, 5.74) is 6.76. The Balaban J connectivity index is 2.28. The number of rotatable bonds is 3. The zero-order valence-corrected chi connectivity index (χ0v) is 10.2. The van der Waals surface area contributed by atoms with Crippen LogP contribution in [0, 0.1) is 0 Å². The Morgan fingerprint density at radius 1 is 1.44 bits per heavy atom. The summed E-state index contributed by atoms with van der Waals surface area (Å²) in [6, 6.07) is 7.09. The number of nitrogens with two attached hydrogens (primary N) is 1. The minimum absolute atomic E-state index is 0.167. The second-order valence-electron chi connectivity index (χ2n) is 3.84. The predicted molar refractivity (Wildman–Crippen MR) is 68.4 cm³/mol. The first kappa shape index (κ1) is 12.0. The highest BCUT2D eigenvalue weighted by molar-refractivity contribution is 5.90. The number of aromatic nitrogens is 2. The molecule has 2 aromatic rings. The van der Waals surface area contributed by atoms with Gasteiger partial charge in [-0.15, -0.1) is 5.10 Å². The van der Waals surface area contributed by atoms with Crippen LogP contribution in [0.25, 0.3) is 0 Å². The fourth-order valence-corrected chi connectivity index (χ4v) is 1.52. The largest absolute Gasteiger partial charge is 0.434 e. The summed E-state index contributed by atoms with van der Waals surface area (Å²) in [4.78, 5) is 11.1. The number of hydrogen-bond acceptors (Lipinski definition) is 4. The molecule has 2 rings (SSSR count). The lowest BCUT2D eigenvalue weighted by Crippen LogP contribution is -2.07. The molecule has 0 fully saturated rings. The van der Waals surface area contributed by atoms with Crippen LogP contribution in [0.15, 0.2) is 30.5 Å². The van der Waals surface area contributed by atoms with Crippen molar-refractivity contribution in [1.82, 2.24) is 9.78 Å². The number of carbonyl (C=O) groups is 1. The monoisotopic (exact) mass is 246 g/mol. The van der Waals surface area contributed by atoms with Crippen LogP contribution >= 0.6 is 0 Å². The van der Waals surface area contributed by atoms with E-state index in [9.17, 15) is 4.79 Å². The third-order valence-corrected chi connectivity index (χ3v) is 2.23. The maximum Gasteiger partial charge on any atom is 0.261 e. The number of benzene rings is 1. The van der Waals surface area contributed by atoms with Crippen LogP contribution in [0.1, 0.15) is 6.92 Å². The van der Waals surface area contributed by atoms with E-state index in [0.717, 1.165) is 0 Å². The fourth-order valence-electron chi connectivity index (χ4n) is 1.52. The molecule has 6 heteroatoms. The number of nitrogens with one attached hydrogen (secondary N) is 1. The first-order valence-electron chi connectivity index (χ1n) is 5.40. The first-order valence-corrected chi connectivity index (χ1v) is 5.40. The Morgan fingerprint density at radius 3 is 2.78 bits per heavy atom. The molecule has 1 heterocycles. The van der Waals surface area contributed by atoms with Gasteiger partial charge in [0, 0.05) is 14.0 Å². The zero-order valence-electron chi connectivity index (χ0n) is 10.2. The van der Waals surface area contributed by atoms with Gasteiger partial charge in [-0.05, 0) is 12.1 Å². The van der Waals surface area contributed by atoms with Gasteiger partial charge in [-0.1, -0.05) is 12.1 Å². The number of hydrogen-bond donors (Lipinski definition) is 2. The molecule has 0 atom stereocenters. The third-order valence-electron chi connectivity index (χ3n) is 2.23. The van der Waals surface area contributed by atoms with Gasteiger partial charge in [-0.2, -0.15) is 0 Å². The molecule has 0 aliphatic carbocycles. The molecule has 0 saturated carbocycles. The van der Waals surface area contributed by atoms with E-state index < -0.39 is 0 Å². The van der Waals surface area contributed by atoms with Crippen molar-refractivity contribution in [1.29, 1.82) is 0 Å². The number of anilines is 2. The van der Waals surface area contributed by atoms with E-state index in [1.54, 1.807) is 42.2 Å². The molecule has 0 saturated heterocycles. The van der Waals surface area contributed by atoms with E-state index in [4.69, 9.17) is 10.5 Å². The van der Waals surface area contributed by atoms with Gasteiger partial charge in [-0.25, -0.2) is 0 Å². The van der Waals surface area contributed by atoms with Gasteiger partial charge < -0.3 is 15.8 Å². The van der Waals surface area contributed by atoms with Gasteiger partial charge in [-0.3, -0.25) is 9.48 Å². The van der Waals surface area contributed by atoms with Crippen molar-refractivity contribution in [2.24, 2.45) is 7.05 Å². The molecular formula is C12H14N4O2. The van der Waals surface area contributed by atoms with E-state index in [1.165, 1.54) is 6.92 Å². The molecule has 1 aromatic heterocycles. The molecular weight excluding hydrogens is 232 g/mol. The molecule has 0 aliphatic rings. The van der Waals surface area contributed by atoms with Gasteiger partial charge >= 0.3 is 0 Å². The summed E-state index contributed by atoms with van der Waals surface area (Å²) >= 11 is 0. The SMILES string of the molecule is CC(=O)Nc1ccccc1Oc1nn(C)cc1N. The quantitative estimate of drug-likeness (QED) is 0.864. The molecule has 3 N–H and O–H groups in total. The Bertz CT molecular complexity index is 577. The molecule has 6 nitrogen and oxygen atoms in total. The van der Waals surface area contributed by atoms with E-state index >= 15 is 0 Å². The molecule has 0 bridgehead atoms. The standard InChI is InChI=1S/C12H14N4O2/c1-8(17)14-10-5-3-4-6-11(10)18-12-9(13)7-16(2)15-12/h3-7H,13H2,1-2H3,(H,14,17). The van der Waals surface area contributed by atoms with Crippen LogP contribution < -0.4 is 15.8 Å². The van der Waals surface area contributed by atoms with E-state index in [2.05, 4.69) is 10.4 Å². The van der Waals surface area contributed by atoms with Crippen molar-refractivity contribution in [2.45, 2.75) is 6.92 Å². The topological polar surface area (TPSA) is 82.2 Å². The van der Waals surface area contributed by atoms with Crippen molar-refractivity contribution in [3.05, 3.63) is 30.5 Å². The smallest absolute Gasteiger partial charge is 0.261 e. The van der Waals surface area contributed by atoms with E-state index in [1.807, 2.05) is 0 Å². The van der Waals surface area contributed by atoms with E-state index in [0.29, 0.717) is 23.0 Å². The summed E-state index contributed by atoms with van der Waals surface area (Å²) < 4.78 is 7.15. The van der Waals surface area contributed by atoms with Crippen molar-refractivity contribution in [2.75, 3.05) is 11.1 Å². The molecule has 0 unspecified atom stereocenters. The lowest BCUT2D eigenvalue weighted by molar-refractivity contribution is -0.114. The molecule has 1 aromatic carbocycles. The second-order valence-corrected chi connectivity index (χ2v) is 3.84. The number of para-hydroxylation sites is 2. The molecule has 0 radical (unpaired) electrons. The second kappa shape index (κ2) is 4.79. The maximum atomic E-state index is 11.1. The average Bonchev–Trinajstić information content (AvgIpc) is 2.59. The molecule has 0 spiro atoms. The molecule has 0 aliphatic heterocycles. The van der Waals surface area contributed by atoms with Gasteiger partial charge in [0.05, 0.1) is 11.9 Å². The van der Waals surface area contributed by atoms with Crippen LogP contribution in [-0.2, 0) is 11.8 Å². The number of nitrogen functional groups attached to an aromatic ring is 1. The zero-order chi connectivity index (χ0) is 13.1. The normalized spacial score (nSPS) is 10.1. The van der Waals surface area contributed by atoms with Gasteiger partial charge in [0.25, 0.3) is 5.88 Å². The Kier molecular flexibility index (Phi) is 3.18. The van der Waals surface area contributed by atoms with Crippen LogP contribution in [0.4, 0.5) is 11.4 Å². The van der Waals surface area contributed by atoms with Crippen LogP contribution in [0.2, 0.25) is 0 Å². The summed E-state index contributed by atoms with van der Waals surface area (Å²) in [7, 11) is 1.75. The van der Waals surface area contributed by atoms with Crippen LogP contribution in [-0.4, -0.2) is 15.7 Å². The van der Waals surface area contributed by atoms with Gasteiger partial charge in [0.15, 0.2) is 5.75 Å². The number of aryl methyl sites for hydroxylation is 1. The third kappa shape index (κ3) is 2.60. The molecule has 94 valence electrons. The van der Waals surface area contributed by atoms with Crippen LogP contribution in [0.3, 0.4) is 0 Å². The summed E-state index contributed by atoms with van der Waals surface area (Å²) in [6.45, 7) is 1.44. The fraction of sp³-hybridized carbons (Fsp3) is 0.167. The minimum atomic E-state index is -0.167. The number of nitrogens with zero attached hydrogens (tertiary/aromatic N) is 2. The number of amides is 1. The Morgan fingerprint density at radius 2 is 2.17 bits per heavy atom. The van der Waals surface area contributed by atoms with Crippen LogP contribution in [0.5, 0.6) is 11.6 Å². The Hall–Kier alpha value is -2.50. The van der Waals surface area contributed by atoms with Crippen molar-refractivity contribution < 1.29 is 9.53 Å². The predicted octanol–water partition coefficient (Wildman–Crippen LogP) is 1.75. The summed E-state index contributed by atoms with van der Waals surface area (Å²) in [5.74, 6) is 0.647. The van der Waals surface area contributed by atoms with E-state index in [-0.39, 0.29) is 5.91 Å². The van der Waals surface area contributed by atoms with Crippen molar-refractivity contribution >= 4 is 17.3 Å². The maximum absolute atomic E-state index is 11.1. The highest BCUT2D eigenvalue weighted by Crippen LogP contribution is 2.31. The summed E-state index contributed by atoms with van der Waals surface area (Å²) in [5, 5.41) is 6.76. The van der Waals surface area contributed by atoms with Crippen molar-refractivity contribution in [3.63, 3.8) is 0 Å². The Labute approximate surface area is 104 Å². The van der Waals surface area contributed by atoms with Gasteiger partial charge in [0.2, 0.25) is 5.91 Å². The van der Waals surface area contributed by atoms with Crippen molar-refractivity contribution in [3.8, 4) is 11.6 Å².